The van der Waals surface area contributed by atoms with Gasteiger partial charge in [0.2, 0.25) is 0 Å². The van der Waals surface area contributed by atoms with Gasteiger partial charge in [-0.2, -0.15) is 0 Å². The summed E-state index contributed by atoms with van der Waals surface area (Å²) in [7, 11) is 0. The molecular weight excluding hydrogens is 342 g/mol. The summed E-state index contributed by atoms with van der Waals surface area (Å²) >= 11 is 1.63. The van der Waals surface area contributed by atoms with Crippen LogP contribution in [0.15, 0.2) is 59.6 Å². The van der Waals surface area contributed by atoms with Crippen LogP contribution in [0, 0.1) is 6.92 Å². The van der Waals surface area contributed by atoms with Gasteiger partial charge in [0, 0.05) is 27.9 Å². The summed E-state index contributed by atoms with van der Waals surface area (Å²) in [6.45, 7) is 1.99. The highest BCUT2D eigenvalue weighted by Gasteiger charge is 2.28. The molecule has 4 nitrogen and oxygen atoms in total. The van der Waals surface area contributed by atoms with Gasteiger partial charge in [-0.1, -0.05) is 30.3 Å². The van der Waals surface area contributed by atoms with E-state index in [0.717, 1.165) is 44.5 Å². The van der Waals surface area contributed by atoms with Crippen molar-refractivity contribution in [3.8, 4) is 11.3 Å². The molecule has 3 heterocycles. The van der Waals surface area contributed by atoms with Crippen LogP contribution in [0.1, 0.15) is 16.1 Å². The maximum absolute atomic E-state index is 12.6. The number of carbonyl (C=O) groups excluding carboxylic acids is 1. The molecule has 0 saturated heterocycles. The Hall–Kier alpha value is -3.18. The summed E-state index contributed by atoms with van der Waals surface area (Å²) in [6.07, 6.45) is 4.00. The van der Waals surface area contributed by atoms with Gasteiger partial charge in [0.15, 0.2) is 0 Å². The number of thiazole rings is 1. The molecule has 5 heteroatoms. The quantitative estimate of drug-likeness (QED) is 0.608. The Labute approximate surface area is 154 Å². The minimum Gasteiger partial charge on any atom is -0.354 e. The molecule has 1 aromatic heterocycles. The van der Waals surface area contributed by atoms with Gasteiger partial charge < -0.3 is 10.6 Å². The van der Waals surface area contributed by atoms with Gasteiger partial charge >= 0.3 is 0 Å². The third kappa shape index (κ3) is 2.36. The van der Waals surface area contributed by atoms with E-state index in [1.807, 2.05) is 66.9 Å². The standard InChI is InChI=1S/C21H15N3OS/c1-12-22-19(11-26-12)14-7-8-17-15(10-14)20(21(25)24-17)18-9-6-13-4-2-3-5-16(13)23-18/h2-11,23H,1H3,(H,24,25)/b20-18-. The summed E-state index contributed by atoms with van der Waals surface area (Å²) in [6, 6.07) is 14.0. The molecule has 0 unspecified atom stereocenters. The van der Waals surface area contributed by atoms with Crippen molar-refractivity contribution in [2.45, 2.75) is 6.92 Å². The van der Waals surface area contributed by atoms with E-state index in [9.17, 15) is 4.79 Å². The van der Waals surface area contributed by atoms with E-state index in [1.54, 1.807) is 11.3 Å². The zero-order chi connectivity index (χ0) is 17.7. The molecule has 5 rings (SSSR count). The Morgan fingerprint density at radius 3 is 2.73 bits per heavy atom. The van der Waals surface area contributed by atoms with Gasteiger partial charge in [0.25, 0.3) is 5.91 Å². The number of carbonyl (C=O) groups is 1. The molecule has 126 valence electrons. The summed E-state index contributed by atoms with van der Waals surface area (Å²) in [5.41, 5.74) is 7.30. The maximum atomic E-state index is 12.6. The minimum absolute atomic E-state index is 0.0851. The molecule has 26 heavy (non-hydrogen) atoms. The third-order valence-corrected chi connectivity index (χ3v) is 5.38. The van der Waals surface area contributed by atoms with Crippen molar-refractivity contribution in [3.05, 3.63) is 75.8 Å². The Morgan fingerprint density at radius 1 is 1.00 bits per heavy atom. The van der Waals surface area contributed by atoms with Crippen LogP contribution >= 0.6 is 11.3 Å². The highest BCUT2D eigenvalue weighted by molar-refractivity contribution is 7.09. The average Bonchev–Trinajstić information content (AvgIpc) is 3.23. The van der Waals surface area contributed by atoms with E-state index in [1.165, 1.54) is 0 Å². The maximum Gasteiger partial charge on any atom is 0.258 e. The molecule has 2 aliphatic heterocycles. The number of aromatic nitrogens is 1. The Kier molecular flexibility index (Phi) is 3.30. The number of rotatable bonds is 1. The second-order valence-corrected chi connectivity index (χ2v) is 7.36. The van der Waals surface area contributed by atoms with Crippen LogP contribution in [0.2, 0.25) is 0 Å². The van der Waals surface area contributed by atoms with E-state index in [4.69, 9.17) is 0 Å². The minimum atomic E-state index is -0.0851. The number of anilines is 2. The number of nitrogens with zero attached hydrogens (tertiary/aromatic N) is 1. The van der Waals surface area contributed by atoms with Crippen LogP contribution in [-0.4, -0.2) is 10.9 Å². The van der Waals surface area contributed by atoms with E-state index in [0.29, 0.717) is 5.57 Å². The zero-order valence-electron chi connectivity index (χ0n) is 14.0. The molecular formula is C21H15N3OS. The Morgan fingerprint density at radius 2 is 1.88 bits per heavy atom. The van der Waals surface area contributed by atoms with Crippen LogP contribution in [0.25, 0.3) is 22.9 Å². The van der Waals surface area contributed by atoms with Crippen molar-refractivity contribution in [1.29, 1.82) is 0 Å². The Balaban J connectivity index is 1.64. The van der Waals surface area contributed by atoms with Gasteiger partial charge in [-0.15, -0.1) is 11.3 Å². The van der Waals surface area contributed by atoms with Crippen molar-refractivity contribution in [2.75, 3.05) is 10.6 Å². The fraction of sp³-hybridized carbons (Fsp3) is 0.0476. The number of nitrogens with one attached hydrogen (secondary N) is 2. The predicted molar refractivity (Wildman–Crippen MR) is 107 cm³/mol. The fourth-order valence-corrected chi connectivity index (χ4v) is 3.97. The molecule has 0 spiro atoms. The molecule has 0 bridgehead atoms. The molecule has 3 aromatic rings. The summed E-state index contributed by atoms with van der Waals surface area (Å²) in [5, 5.41) is 9.43. The first-order valence-electron chi connectivity index (χ1n) is 8.36. The molecule has 0 fully saturated rings. The highest BCUT2D eigenvalue weighted by atomic mass is 32.1. The lowest BCUT2D eigenvalue weighted by atomic mass is 9.99. The van der Waals surface area contributed by atoms with Crippen molar-refractivity contribution in [1.82, 2.24) is 4.98 Å². The number of fused-ring (bicyclic) bond motifs is 2. The van der Waals surface area contributed by atoms with Crippen LogP contribution in [0.5, 0.6) is 0 Å². The molecule has 0 saturated carbocycles. The monoisotopic (exact) mass is 357 g/mol. The van der Waals surface area contributed by atoms with Crippen molar-refractivity contribution in [3.63, 3.8) is 0 Å². The normalized spacial score (nSPS) is 17.5. The van der Waals surface area contributed by atoms with E-state index in [-0.39, 0.29) is 5.91 Å². The van der Waals surface area contributed by atoms with E-state index in [2.05, 4.69) is 15.6 Å². The van der Waals surface area contributed by atoms with Gasteiger partial charge in [0.1, 0.15) is 0 Å². The highest BCUT2D eigenvalue weighted by Crippen LogP contribution is 2.39. The number of hydrogen-bond acceptors (Lipinski definition) is 4. The van der Waals surface area contributed by atoms with Crippen LogP contribution in [0.4, 0.5) is 11.4 Å². The number of benzene rings is 2. The summed E-state index contributed by atoms with van der Waals surface area (Å²) < 4.78 is 0. The fourth-order valence-electron chi connectivity index (χ4n) is 3.35. The van der Waals surface area contributed by atoms with Crippen LogP contribution in [-0.2, 0) is 4.79 Å². The zero-order valence-corrected chi connectivity index (χ0v) is 14.9. The SMILES string of the molecule is Cc1nc(-c2ccc3c(c2)/C(=C2\C=Cc4ccccc4N2)C(=O)N3)cs1. The topological polar surface area (TPSA) is 54.0 Å². The Bertz CT molecular complexity index is 1120. The van der Waals surface area contributed by atoms with Crippen molar-refractivity contribution < 1.29 is 4.79 Å². The number of allylic oxidation sites excluding steroid dienone is 1. The van der Waals surface area contributed by atoms with Crippen molar-refractivity contribution >= 4 is 40.3 Å². The molecule has 2 aromatic carbocycles. The molecule has 2 N–H and O–H groups in total. The van der Waals surface area contributed by atoms with Gasteiger partial charge in [0.05, 0.1) is 22.0 Å². The lowest BCUT2D eigenvalue weighted by Gasteiger charge is -2.17. The number of para-hydroxylation sites is 1. The number of aryl methyl sites for hydroxylation is 1. The van der Waals surface area contributed by atoms with Gasteiger partial charge in [-0.25, -0.2) is 4.98 Å². The number of amides is 1. The summed E-state index contributed by atoms with van der Waals surface area (Å²) in [5.74, 6) is -0.0851. The summed E-state index contributed by atoms with van der Waals surface area (Å²) in [4.78, 5) is 17.2. The molecule has 1 amide bonds. The first kappa shape index (κ1) is 15.1. The van der Waals surface area contributed by atoms with Crippen molar-refractivity contribution in [2.24, 2.45) is 0 Å². The second kappa shape index (κ2) is 5.68. The predicted octanol–water partition coefficient (Wildman–Crippen LogP) is 4.92. The molecule has 0 radical (unpaired) electrons. The average molecular weight is 357 g/mol. The van der Waals surface area contributed by atoms with Crippen LogP contribution in [0.3, 0.4) is 0 Å². The first-order valence-corrected chi connectivity index (χ1v) is 9.24. The largest absolute Gasteiger partial charge is 0.354 e. The first-order chi connectivity index (χ1) is 12.7. The number of hydrogen-bond donors (Lipinski definition) is 2. The molecule has 0 atom stereocenters. The smallest absolute Gasteiger partial charge is 0.258 e. The van der Waals surface area contributed by atoms with Crippen LogP contribution < -0.4 is 10.6 Å². The van der Waals surface area contributed by atoms with Gasteiger partial charge in [-0.05, 0) is 36.8 Å². The van der Waals surface area contributed by atoms with Gasteiger partial charge in [-0.3, -0.25) is 4.79 Å². The molecule has 2 aliphatic rings. The van der Waals surface area contributed by atoms with E-state index >= 15 is 0 Å². The molecule has 0 aliphatic carbocycles. The lowest BCUT2D eigenvalue weighted by Crippen LogP contribution is -2.11. The third-order valence-electron chi connectivity index (χ3n) is 4.61. The lowest BCUT2D eigenvalue weighted by molar-refractivity contribution is -0.110. The second-order valence-electron chi connectivity index (χ2n) is 6.30. The van der Waals surface area contributed by atoms with E-state index < -0.39 is 0 Å².